The summed E-state index contributed by atoms with van der Waals surface area (Å²) in [7, 11) is 0. The number of hydrogen-bond donors (Lipinski definition) is 1. The Hall–Kier alpha value is 0.0766. The fourth-order valence-electron chi connectivity index (χ4n) is 0.961. The van der Waals surface area contributed by atoms with Crippen molar-refractivity contribution >= 4 is 5.78 Å². The van der Waals surface area contributed by atoms with Gasteiger partial charge in [0.15, 0.2) is 5.78 Å². The van der Waals surface area contributed by atoms with E-state index in [9.17, 15) is 9.90 Å². The second-order valence-corrected chi connectivity index (χ2v) is 5.66. The van der Waals surface area contributed by atoms with Crippen LogP contribution in [0.5, 0.6) is 0 Å². The minimum absolute atomic E-state index is 0. The van der Waals surface area contributed by atoms with E-state index < -0.39 is 10.8 Å². The predicted molar refractivity (Wildman–Crippen MR) is 59.2 cm³/mol. The molecule has 0 aromatic rings. The van der Waals surface area contributed by atoms with Gasteiger partial charge in [-0.1, -0.05) is 41.5 Å². The fourth-order valence-corrected chi connectivity index (χ4v) is 0.961. The molecular weight excluding hydrogens is 330 g/mol. The third-order valence-corrected chi connectivity index (χ3v) is 1.97. The number of rotatable bonds is 1. The molecule has 4 heteroatoms. The van der Waals surface area contributed by atoms with Gasteiger partial charge in [-0.2, -0.15) is 5.26 Å². The van der Waals surface area contributed by atoms with Crippen LogP contribution in [0.25, 0.3) is 0 Å². The zero-order chi connectivity index (χ0) is 12.4. The Labute approximate surface area is 131 Å². The molecule has 0 heterocycles. The van der Waals surface area contributed by atoms with Crippen molar-refractivity contribution in [1.82, 2.24) is 0 Å². The van der Waals surface area contributed by atoms with Crippen molar-refractivity contribution in [3.05, 3.63) is 11.3 Å². The number of Topliss-reactive ketones (excluding diaryl/α,β-unsaturated/α-hetero) is 1. The van der Waals surface area contributed by atoms with E-state index in [2.05, 4.69) is 0 Å². The molecule has 0 radical (unpaired) electrons. The first-order chi connectivity index (χ1) is 6.51. The smallest absolute Gasteiger partial charge is 0.510 e. The van der Waals surface area contributed by atoms with Crippen LogP contribution >= 0.6 is 0 Å². The Morgan fingerprint density at radius 1 is 1.06 bits per heavy atom. The number of carbonyl (C=O) groups is 1. The molecule has 16 heavy (non-hydrogen) atoms. The molecule has 0 saturated heterocycles. The van der Waals surface area contributed by atoms with Crippen molar-refractivity contribution in [2.24, 2.45) is 10.8 Å². The van der Waals surface area contributed by atoms with E-state index >= 15 is 0 Å². The number of nitriles is 1. The maximum Gasteiger partial charge on any atom is 4.00 e. The monoisotopic (exact) mass is 349 g/mol. The summed E-state index contributed by atoms with van der Waals surface area (Å²) in [4.78, 5) is 11.8. The zero-order valence-electron chi connectivity index (χ0n) is 10.8. The van der Waals surface area contributed by atoms with Gasteiger partial charge in [0.1, 0.15) is 17.4 Å². The number of aliphatic hydroxyl groups excluding tert-OH is 1. The average molecular weight is 349 g/mol. The topological polar surface area (TPSA) is 61.1 Å². The van der Waals surface area contributed by atoms with Gasteiger partial charge in [0.2, 0.25) is 0 Å². The summed E-state index contributed by atoms with van der Waals surface area (Å²) in [6.07, 6.45) is 0. The zero-order valence-corrected chi connectivity index (χ0v) is 13.9. The normalized spacial score (nSPS) is 13.3. The van der Waals surface area contributed by atoms with E-state index in [1.54, 1.807) is 47.6 Å². The molecule has 0 atom stereocenters. The van der Waals surface area contributed by atoms with Crippen LogP contribution in [-0.4, -0.2) is 10.9 Å². The molecule has 1 N–H and O–H groups in total. The van der Waals surface area contributed by atoms with Gasteiger partial charge in [0, 0.05) is 10.8 Å². The molecule has 0 aliphatic rings. The minimum atomic E-state index is -0.649. The Morgan fingerprint density at radius 3 is 1.62 bits per heavy atom. The van der Waals surface area contributed by atoms with Crippen LogP contribution in [-0.2, 0) is 4.79 Å². The molecule has 84 valence electrons. The molecule has 0 fully saturated rings. The minimum Gasteiger partial charge on any atom is -0.510 e. The van der Waals surface area contributed by atoms with Gasteiger partial charge in [0.25, 0.3) is 0 Å². The summed E-state index contributed by atoms with van der Waals surface area (Å²) in [5.41, 5.74) is -1.36. The molecule has 0 saturated carbocycles. The molecule has 0 aromatic carbocycles. The van der Waals surface area contributed by atoms with E-state index in [0.29, 0.717) is 0 Å². The van der Waals surface area contributed by atoms with Crippen LogP contribution in [0.3, 0.4) is 0 Å². The second-order valence-electron chi connectivity index (χ2n) is 5.66. The standard InChI is InChI=1S/C12H19NO2.Ce/c1-11(2,3)9(14)8(7-13)10(15)12(4,5)6;/h14H,1-6H3;/q;+4/b9-8-;. The average Bonchev–Trinajstić information content (AvgIpc) is 2.01. The molecule has 0 amide bonds. The van der Waals surface area contributed by atoms with Crippen LogP contribution < -0.4 is 0 Å². The molecule has 0 aliphatic carbocycles. The maximum atomic E-state index is 11.8. The quantitative estimate of drug-likeness (QED) is 0.450. The molecule has 3 nitrogen and oxygen atoms in total. The molecule has 0 aromatic heterocycles. The second kappa shape index (κ2) is 6.13. The van der Waals surface area contributed by atoms with Crippen molar-refractivity contribution in [2.45, 2.75) is 41.5 Å². The van der Waals surface area contributed by atoms with Gasteiger partial charge < -0.3 is 5.11 Å². The predicted octanol–water partition coefficient (Wildman–Crippen LogP) is 2.98. The summed E-state index contributed by atoms with van der Waals surface area (Å²) in [6.45, 7) is 10.5. The molecule has 0 bridgehead atoms. The number of allylic oxidation sites excluding steroid dienone is 2. The number of hydrogen-bond acceptors (Lipinski definition) is 3. The summed E-state index contributed by atoms with van der Waals surface area (Å²) in [5, 5.41) is 18.7. The van der Waals surface area contributed by atoms with Gasteiger partial charge >= 0.3 is 41.7 Å². The van der Waals surface area contributed by atoms with E-state index in [1.807, 2.05) is 0 Å². The number of nitrogens with zero attached hydrogens (tertiary/aromatic N) is 1. The SMILES string of the molecule is CC(C)(C)C(=O)/C(C#N)=C(\O)C(C)(C)C.[Ce+4]. The van der Waals surface area contributed by atoms with E-state index in [0.717, 1.165) is 0 Å². The van der Waals surface area contributed by atoms with Gasteiger partial charge in [-0.15, -0.1) is 0 Å². The van der Waals surface area contributed by atoms with Gasteiger partial charge in [-0.3, -0.25) is 4.79 Å². The molecular formula is C12H19CeNO2+4. The first kappa shape index (κ1) is 18.4. The third-order valence-electron chi connectivity index (χ3n) is 1.97. The summed E-state index contributed by atoms with van der Waals surface area (Å²) < 4.78 is 0. The summed E-state index contributed by atoms with van der Waals surface area (Å²) >= 11 is 0. The fraction of sp³-hybridized carbons (Fsp3) is 0.667. The van der Waals surface area contributed by atoms with E-state index in [4.69, 9.17) is 5.26 Å². The van der Waals surface area contributed by atoms with Crippen LogP contribution in [0, 0.1) is 63.9 Å². The van der Waals surface area contributed by atoms with Gasteiger partial charge in [-0.05, 0) is 0 Å². The molecule has 0 rings (SSSR count). The van der Waals surface area contributed by atoms with E-state index in [1.165, 1.54) is 0 Å². The van der Waals surface area contributed by atoms with Gasteiger partial charge in [0.05, 0.1) is 0 Å². The first-order valence-electron chi connectivity index (χ1n) is 4.90. The van der Waals surface area contributed by atoms with Crippen molar-refractivity contribution in [1.29, 1.82) is 5.26 Å². The molecule has 0 unspecified atom stereocenters. The van der Waals surface area contributed by atoms with Crippen molar-refractivity contribution < 1.29 is 51.6 Å². The molecule has 0 spiro atoms. The summed E-state index contributed by atoms with van der Waals surface area (Å²) in [6, 6.07) is 1.79. The van der Waals surface area contributed by atoms with Gasteiger partial charge in [-0.25, -0.2) is 0 Å². The van der Waals surface area contributed by atoms with Crippen LogP contribution in [0.4, 0.5) is 0 Å². The van der Waals surface area contributed by atoms with Crippen LogP contribution in [0.1, 0.15) is 41.5 Å². The number of aliphatic hydroxyl groups is 1. The summed E-state index contributed by atoms with van der Waals surface area (Å²) in [5.74, 6) is -0.456. The van der Waals surface area contributed by atoms with Crippen molar-refractivity contribution in [2.75, 3.05) is 0 Å². The third kappa shape index (κ3) is 4.94. The maximum absolute atomic E-state index is 11.8. The largest absolute Gasteiger partial charge is 4.00 e. The Kier molecular flexibility index (Phi) is 7.07. The Morgan fingerprint density at radius 2 is 1.44 bits per heavy atom. The van der Waals surface area contributed by atoms with Crippen molar-refractivity contribution in [3.63, 3.8) is 0 Å². The number of carbonyl (C=O) groups excluding carboxylic acids is 1. The van der Waals surface area contributed by atoms with E-state index in [-0.39, 0.29) is 58.9 Å². The van der Waals surface area contributed by atoms with Crippen LogP contribution in [0.2, 0.25) is 0 Å². The Bertz CT molecular complexity index is 338. The molecule has 0 aliphatic heterocycles. The van der Waals surface area contributed by atoms with Crippen LogP contribution in [0.15, 0.2) is 11.3 Å². The van der Waals surface area contributed by atoms with Crippen molar-refractivity contribution in [3.8, 4) is 6.07 Å². The first-order valence-corrected chi connectivity index (χ1v) is 4.90. The number of ketones is 1. The Balaban J connectivity index is 0.